The van der Waals surface area contributed by atoms with Gasteiger partial charge in [-0.15, -0.1) is 0 Å². The van der Waals surface area contributed by atoms with E-state index >= 15 is 0 Å². The molecule has 1 unspecified atom stereocenters. The maximum Gasteiger partial charge on any atom is 0.124 e. The molecule has 4 heteroatoms. The zero-order valence-corrected chi connectivity index (χ0v) is 11.9. The van der Waals surface area contributed by atoms with Crippen molar-refractivity contribution in [2.24, 2.45) is 5.73 Å². The monoisotopic (exact) mass is 286 g/mol. The molecule has 0 aliphatic heterocycles. The smallest absolute Gasteiger partial charge is 0.124 e. The number of halogens is 1. The molecule has 0 saturated heterocycles. The summed E-state index contributed by atoms with van der Waals surface area (Å²) in [4.78, 5) is 0. The van der Waals surface area contributed by atoms with E-state index in [1.807, 2.05) is 31.2 Å². The quantitative estimate of drug-likeness (QED) is 0.930. The average Bonchev–Trinajstić information content (AvgIpc) is 2.46. The minimum absolute atomic E-state index is 0.148. The molecule has 0 heterocycles. The van der Waals surface area contributed by atoms with Gasteiger partial charge in [0.05, 0.1) is 11.6 Å². The number of hydrogen-bond acceptors (Lipinski definition) is 3. The van der Waals surface area contributed by atoms with Crippen molar-refractivity contribution in [3.05, 3.63) is 64.2 Å². The Balaban J connectivity index is 2.12. The van der Waals surface area contributed by atoms with E-state index < -0.39 is 0 Å². The number of nitriles is 1. The van der Waals surface area contributed by atoms with Gasteiger partial charge in [-0.1, -0.05) is 23.7 Å². The Morgan fingerprint density at radius 3 is 2.55 bits per heavy atom. The predicted molar refractivity (Wildman–Crippen MR) is 79.5 cm³/mol. The molecule has 2 aromatic rings. The van der Waals surface area contributed by atoms with Gasteiger partial charge in [0.1, 0.15) is 12.4 Å². The van der Waals surface area contributed by atoms with Crippen molar-refractivity contribution in [1.82, 2.24) is 0 Å². The van der Waals surface area contributed by atoms with Gasteiger partial charge in [0.15, 0.2) is 0 Å². The molecule has 0 aliphatic rings. The van der Waals surface area contributed by atoms with Crippen LogP contribution >= 0.6 is 11.6 Å². The molecule has 0 amide bonds. The highest BCUT2D eigenvalue weighted by molar-refractivity contribution is 6.30. The summed E-state index contributed by atoms with van der Waals surface area (Å²) in [6.45, 7) is 2.31. The summed E-state index contributed by atoms with van der Waals surface area (Å²) in [5, 5.41) is 9.39. The van der Waals surface area contributed by atoms with Crippen LogP contribution in [0.15, 0.2) is 42.5 Å². The fraction of sp³-hybridized carbons (Fsp3) is 0.188. The van der Waals surface area contributed by atoms with E-state index in [4.69, 9.17) is 27.3 Å². The van der Waals surface area contributed by atoms with E-state index in [9.17, 15) is 0 Å². The van der Waals surface area contributed by atoms with Crippen LogP contribution in [0.5, 0.6) is 5.75 Å². The van der Waals surface area contributed by atoms with Gasteiger partial charge >= 0.3 is 0 Å². The molecule has 3 nitrogen and oxygen atoms in total. The van der Waals surface area contributed by atoms with E-state index in [-0.39, 0.29) is 6.04 Å². The topological polar surface area (TPSA) is 59.0 Å². The Morgan fingerprint density at radius 2 is 1.95 bits per heavy atom. The second-order valence-corrected chi connectivity index (χ2v) is 5.00. The van der Waals surface area contributed by atoms with Crippen LogP contribution in [0.4, 0.5) is 0 Å². The highest BCUT2D eigenvalue weighted by Gasteiger charge is 2.09. The van der Waals surface area contributed by atoms with Crippen molar-refractivity contribution in [3.63, 3.8) is 0 Å². The summed E-state index contributed by atoms with van der Waals surface area (Å²) in [6, 6.07) is 14.7. The fourth-order valence-corrected chi connectivity index (χ4v) is 2.02. The maximum atomic E-state index is 8.75. The zero-order valence-electron chi connectivity index (χ0n) is 11.1. The standard InChI is InChI=1S/C16H15ClN2O/c1-11(19)15-8-14(17)6-7-16(15)20-10-13-4-2-12(9-18)3-5-13/h2-8,11H,10,19H2,1H3. The lowest BCUT2D eigenvalue weighted by Gasteiger charge is -2.14. The van der Waals surface area contributed by atoms with Crippen molar-refractivity contribution in [3.8, 4) is 11.8 Å². The number of nitrogens with two attached hydrogens (primary N) is 1. The number of hydrogen-bond donors (Lipinski definition) is 1. The van der Waals surface area contributed by atoms with Gasteiger partial charge < -0.3 is 10.5 Å². The molecule has 0 saturated carbocycles. The molecule has 0 radical (unpaired) electrons. The van der Waals surface area contributed by atoms with E-state index in [0.29, 0.717) is 17.2 Å². The molecular formula is C16H15ClN2O. The third kappa shape index (κ3) is 3.51. The van der Waals surface area contributed by atoms with Crippen LogP contribution in [-0.2, 0) is 6.61 Å². The van der Waals surface area contributed by atoms with Crippen molar-refractivity contribution in [1.29, 1.82) is 5.26 Å². The SMILES string of the molecule is CC(N)c1cc(Cl)ccc1OCc1ccc(C#N)cc1. The minimum atomic E-state index is -0.148. The molecule has 2 N–H and O–H groups in total. The Hall–Kier alpha value is -2.02. The number of nitrogens with zero attached hydrogens (tertiary/aromatic N) is 1. The zero-order chi connectivity index (χ0) is 14.5. The first-order valence-corrected chi connectivity index (χ1v) is 6.65. The first-order valence-electron chi connectivity index (χ1n) is 6.27. The van der Waals surface area contributed by atoms with Crippen LogP contribution in [0.2, 0.25) is 5.02 Å². The summed E-state index contributed by atoms with van der Waals surface area (Å²) in [5.41, 5.74) is 8.43. The van der Waals surface area contributed by atoms with Crippen LogP contribution in [0.25, 0.3) is 0 Å². The number of benzene rings is 2. The summed E-state index contributed by atoms with van der Waals surface area (Å²) in [6.07, 6.45) is 0. The first kappa shape index (κ1) is 14.4. The summed E-state index contributed by atoms with van der Waals surface area (Å²) in [7, 11) is 0. The minimum Gasteiger partial charge on any atom is -0.489 e. The summed E-state index contributed by atoms with van der Waals surface area (Å²) < 4.78 is 5.79. The summed E-state index contributed by atoms with van der Waals surface area (Å²) in [5.74, 6) is 0.730. The van der Waals surface area contributed by atoms with E-state index in [1.54, 1.807) is 18.2 Å². The predicted octanol–water partition coefficient (Wildman–Crippen LogP) is 3.81. The molecule has 102 valence electrons. The fourth-order valence-electron chi connectivity index (χ4n) is 1.84. The lowest BCUT2D eigenvalue weighted by atomic mass is 10.1. The first-order chi connectivity index (χ1) is 9.60. The van der Waals surface area contributed by atoms with Crippen LogP contribution < -0.4 is 10.5 Å². The van der Waals surface area contributed by atoms with Gasteiger partial charge in [0.2, 0.25) is 0 Å². The molecule has 2 aromatic carbocycles. The van der Waals surface area contributed by atoms with Crippen molar-refractivity contribution >= 4 is 11.6 Å². The van der Waals surface area contributed by atoms with Crippen LogP contribution in [-0.4, -0.2) is 0 Å². The van der Waals surface area contributed by atoms with Gasteiger partial charge in [-0.05, 0) is 42.8 Å². The van der Waals surface area contributed by atoms with Crippen LogP contribution in [0.1, 0.15) is 29.7 Å². The highest BCUT2D eigenvalue weighted by Crippen LogP contribution is 2.27. The number of rotatable bonds is 4. The highest BCUT2D eigenvalue weighted by atomic mass is 35.5. The lowest BCUT2D eigenvalue weighted by molar-refractivity contribution is 0.301. The van der Waals surface area contributed by atoms with Crippen LogP contribution in [0, 0.1) is 11.3 Å². The maximum absolute atomic E-state index is 8.75. The molecule has 1 atom stereocenters. The molecule has 0 aromatic heterocycles. The number of ether oxygens (including phenoxy) is 1. The third-order valence-electron chi connectivity index (χ3n) is 2.94. The van der Waals surface area contributed by atoms with E-state index in [2.05, 4.69) is 6.07 Å². The largest absolute Gasteiger partial charge is 0.489 e. The third-order valence-corrected chi connectivity index (χ3v) is 3.17. The van der Waals surface area contributed by atoms with Gasteiger partial charge in [0, 0.05) is 16.6 Å². The average molecular weight is 287 g/mol. The molecular weight excluding hydrogens is 272 g/mol. The van der Waals surface area contributed by atoms with Crippen LogP contribution in [0.3, 0.4) is 0 Å². The van der Waals surface area contributed by atoms with E-state index in [0.717, 1.165) is 16.9 Å². The Morgan fingerprint density at radius 1 is 1.25 bits per heavy atom. The van der Waals surface area contributed by atoms with Crippen molar-refractivity contribution in [2.75, 3.05) is 0 Å². The second kappa shape index (κ2) is 6.42. The van der Waals surface area contributed by atoms with Gasteiger partial charge in [0.25, 0.3) is 0 Å². The molecule has 2 rings (SSSR count). The molecule has 20 heavy (non-hydrogen) atoms. The van der Waals surface area contributed by atoms with Crippen molar-refractivity contribution < 1.29 is 4.74 Å². The summed E-state index contributed by atoms with van der Waals surface area (Å²) >= 11 is 5.97. The molecule has 0 bridgehead atoms. The van der Waals surface area contributed by atoms with Crippen molar-refractivity contribution in [2.45, 2.75) is 19.6 Å². The molecule has 0 spiro atoms. The second-order valence-electron chi connectivity index (χ2n) is 4.57. The van der Waals surface area contributed by atoms with E-state index in [1.165, 1.54) is 0 Å². The Kier molecular flexibility index (Phi) is 4.62. The normalized spacial score (nSPS) is 11.7. The Bertz CT molecular complexity index is 630. The van der Waals surface area contributed by atoms with Gasteiger partial charge in [-0.25, -0.2) is 0 Å². The molecule has 0 aliphatic carbocycles. The van der Waals surface area contributed by atoms with Gasteiger partial charge in [-0.3, -0.25) is 0 Å². The van der Waals surface area contributed by atoms with Gasteiger partial charge in [-0.2, -0.15) is 5.26 Å². The molecule has 0 fully saturated rings. The lowest BCUT2D eigenvalue weighted by Crippen LogP contribution is -2.08. The Labute approximate surface area is 123 Å².